The summed E-state index contributed by atoms with van der Waals surface area (Å²) < 4.78 is 27.1. The summed E-state index contributed by atoms with van der Waals surface area (Å²) in [6.07, 6.45) is 2.90. The lowest BCUT2D eigenvalue weighted by molar-refractivity contribution is -0.133. The summed E-state index contributed by atoms with van der Waals surface area (Å²) in [6.45, 7) is 6.69. The van der Waals surface area contributed by atoms with E-state index in [1.165, 1.54) is 11.3 Å². The Bertz CT molecular complexity index is 742. The molecular weight excluding hydrogens is 394 g/mol. The number of piperidine rings is 1. The lowest BCUT2D eigenvalue weighted by atomic mass is 9.79. The number of sulfonamides is 1. The maximum Gasteiger partial charge on any atom is 0.252 e. The molecule has 148 valence electrons. The van der Waals surface area contributed by atoms with E-state index in [0.29, 0.717) is 30.4 Å². The predicted molar refractivity (Wildman–Crippen MR) is 106 cm³/mol. The second-order valence-corrected chi connectivity index (χ2v) is 11.0. The molecule has 3 heterocycles. The molecule has 2 N–H and O–H groups in total. The summed E-state index contributed by atoms with van der Waals surface area (Å²) in [7, 11) is -3.39. The van der Waals surface area contributed by atoms with Crippen molar-refractivity contribution in [1.29, 1.82) is 0 Å². The zero-order valence-electron chi connectivity index (χ0n) is 15.3. The average Bonchev–Trinajstić information content (AvgIpc) is 3.21. The molecule has 0 saturated carbocycles. The van der Waals surface area contributed by atoms with Gasteiger partial charge in [0.25, 0.3) is 10.0 Å². The Morgan fingerprint density at radius 2 is 1.92 bits per heavy atom. The largest absolute Gasteiger partial charge is 0.342 e. The van der Waals surface area contributed by atoms with Crippen LogP contribution in [0.25, 0.3) is 0 Å². The van der Waals surface area contributed by atoms with E-state index in [9.17, 15) is 13.2 Å². The average molecular weight is 422 g/mol. The van der Waals surface area contributed by atoms with E-state index in [1.54, 1.807) is 16.4 Å². The minimum absolute atomic E-state index is 0. The van der Waals surface area contributed by atoms with E-state index in [-0.39, 0.29) is 36.2 Å². The fourth-order valence-electron chi connectivity index (χ4n) is 3.50. The first kappa shape index (κ1) is 21.6. The van der Waals surface area contributed by atoms with Crippen LogP contribution < -0.4 is 5.73 Å². The summed E-state index contributed by atoms with van der Waals surface area (Å²) in [5, 5.41) is 0. The fourth-order valence-corrected chi connectivity index (χ4v) is 6.51. The molecule has 1 amide bonds. The van der Waals surface area contributed by atoms with Gasteiger partial charge in [-0.1, -0.05) is 13.8 Å². The van der Waals surface area contributed by atoms with E-state index in [1.807, 2.05) is 4.90 Å². The maximum absolute atomic E-state index is 12.6. The molecule has 2 fully saturated rings. The molecule has 0 bridgehead atoms. The Morgan fingerprint density at radius 3 is 2.54 bits per heavy atom. The molecule has 1 unspecified atom stereocenters. The summed E-state index contributed by atoms with van der Waals surface area (Å²) in [5.74, 6) is 0.0481. The van der Waals surface area contributed by atoms with Crippen LogP contribution in [0, 0.1) is 5.41 Å². The second-order valence-electron chi connectivity index (χ2n) is 7.71. The number of halogens is 1. The number of hydrogen-bond donors (Lipinski definition) is 1. The normalized spacial score (nSPS) is 23.7. The molecule has 2 saturated heterocycles. The molecule has 1 atom stereocenters. The maximum atomic E-state index is 12.6. The zero-order valence-corrected chi connectivity index (χ0v) is 17.8. The first-order valence-electron chi connectivity index (χ1n) is 8.82. The van der Waals surface area contributed by atoms with Crippen LogP contribution in [-0.2, 0) is 21.2 Å². The van der Waals surface area contributed by atoms with E-state index >= 15 is 0 Å². The number of carbonyl (C=O) groups is 1. The highest BCUT2D eigenvalue weighted by Gasteiger charge is 2.35. The molecule has 26 heavy (non-hydrogen) atoms. The van der Waals surface area contributed by atoms with Gasteiger partial charge in [-0.05, 0) is 36.8 Å². The van der Waals surface area contributed by atoms with Gasteiger partial charge in [0.05, 0.1) is 6.42 Å². The molecule has 2 aliphatic rings. The molecule has 9 heteroatoms. The van der Waals surface area contributed by atoms with Crippen LogP contribution in [0.3, 0.4) is 0 Å². The predicted octanol–water partition coefficient (Wildman–Crippen LogP) is 2.08. The number of nitrogens with two attached hydrogens (primary N) is 1. The number of rotatable bonds is 4. The van der Waals surface area contributed by atoms with E-state index < -0.39 is 10.0 Å². The van der Waals surface area contributed by atoms with Crippen molar-refractivity contribution in [1.82, 2.24) is 9.21 Å². The molecular formula is C17H28ClN3O3S2. The summed E-state index contributed by atoms with van der Waals surface area (Å²) in [6, 6.07) is 3.51. The smallest absolute Gasteiger partial charge is 0.252 e. The van der Waals surface area contributed by atoms with Crippen molar-refractivity contribution >= 4 is 39.7 Å². The number of amides is 1. The van der Waals surface area contributed by atoms with Gasteiger partial charge in [-0.3, -0.25) is 4.79 Å². The van der Waals surface area contributed by atoms with Gasteiger partial charge in [0.2, 0.25) is 5.91 Å². The molecule has 1 aromatic rings. The summed E-state index contributed by atoms with van der Waals surface area (Å²) in [5.41, 5.74) is 6.04. The second kappa shape index (κ2) is 8.14. The van der Waals surface area contributed by atoms with Gasteiger partial charge in [0.15, 0.2) is 0 Å². The van der Waals surface area contributed by atoms with Crippen molar-refractivity contribution in [2.75, 3.05) is 26.2 Å². The van der Waals surface area contributed by atoms with E-state index in [2.05, 4.69) is 13.8 Å². The van der Waals surface area contributed by atoms with Gasteiger partial charge < -0.3 is 10.6 Å². The fraction of sp³-hybridized carbons (Fsp3) is 0.706. The van der Waals surface area contributed by atoms with Crippen molar-refractivity contribution < 1.29 is 13.2 Å². The van der Waals surface area contributed by atoms with Crippen LogP contribution >= 0.6 is 23.7 Å². The van der Waals surface area contributed by atoms with Crippen molar-refractivity contribution in [2.45, 2.75) is 49.8 Å². The number of hydrogen-bond acceptors (Lipinski definition) is 5. The van der Waals surface area contributed by atoms with Crippen LogP contribution in [0.4, 0.5) is 0 Å². The lowest BCUT2D eigenvalue weighted by Crippen LogP contribution is -2.54. The molecule has 6 nitrogen and oxygen atoms in total. The van der Waals surface area contributed by atoms with Crippen molar-refractivity contribution in [3.05, 3.63) is 17.0 Å². The Labute approximate surface area is 166 Å². The van der Waals surface area contributed by atoms with Crippen LogP contribution in [0.5, 0.6) is 0 Å². The molecule has 0 aliphatic carbocycles. The van der Waals surface area contributed by atoms with Crippen LogP contribution in [-0.4, -0.2) is 55.8 Å². The highest BCUT2D eigenvalue weighted by molar-refractivity contribution is 7.91. The minimum Gasteiger partial charge on any atom is -0.342 e. The van der Waals surface area contributed by atoms with Gasteiger partial charge in [-0.25, -0.2) is 8.42 Å². The van der Waals surface area contributed by atoms with Crippen LogP contribution in [0.1, 0.15) is 38.0 Å². The van der Waals surface area contributed by atoms with Crippen molar-refractivity contribution in [3.8, 4) is 0 Å². The minimum atomic E-state index is -3.39. The van der Waals surface area contributed by atoms with Gasteiger partial charge in [-0.2, -0.15) is 4.31 Å². The van der Waals surface area contributed by atoms with Crippen molar-refractivity contribution in [3.63, 3.8) is 0 Å². The first-order valence-corrected chi connectivity index (χ1v) is 11.1. The summed E-state index contributed by atoms with van der Waals surface area (Å²) >= 11 is 1.22. The molecule has 0 spiro atoms. The molecule has 0 aromatic carbocycles. The molecule has 1 aromatic heterocycles. The van der Waals surface area contributed by atoms with E-state index in [4.69, 9.17) is 5.73 Å². The monoisotopic (exact) mass is 421 g/mol. The third-order valence-electron chi connectivity index (χ3n) is 5.29. The van der Waals surface area contributed by atoms with Gasteiger partial charge in [-0.15, -0.1) is 23.7 Å². The highest BCUT2D eigenvalue weighted by atomic mass is 35.5. The van der Waals surface area contributed by atoms with Crippen LogP contribution in [0.2, 0.25) is 0 Å². The molecule has 0 radical (unpaired) electrons. The Kier molecular flexibility index (Phi) is 6.77. The quantitative estimate of drug-likeness (QED) is 0.806. The number of carbonyl (C=O) groups excluding carboxylic acids is 1. The summed E-state index contributed by atoms with van der Waals surface area (Å²) in [4.78, 5) is 15.3. The lowest BCUT2D eigenvalue weighted by Gasteiger charge is -2.42. The Hall–Kier alpha value is -0.670. The molecule has 2 aliphatic heterocycles. The number of likely N-dealkylation sites (tertiary alicyclic amines) is 1. The highest BCUT2D eigenvalue weighted by Crippen LogP contribution is 2.30. The van der Waals surface area contributed by atoms with Crippen molar-refractivity contribution in [2.24, 2.45) is 11.1 Å². The van der Waals surface area contributed by atoms with Gasteiger partial charge in [0.1, 0.15) is 4.21 Å². The zero-order chi connectivity index (χ0) is 18.2. The van der Waals surface area contributed by atoms with Crippen LogP contribution in [0.15, 0.2) is 16.3 Å². The SMILES string of the molecule is CC1(C)CN(C(=O)Cc2ccc(S(=O)(=O)N3CCCC3)s2)CCC1N.Cl. The third kappa shape index (κ3) is 4.42. The van der Waals surface area contributed by atoms with E-state index in [0.717, 1.165) is 24.1 Å². The van der Waals surface area contributed by atoms with Gasteiger partial charge in [0, 0.05) is 37.1 Å². The third-order valence-corrected chi connectivity index (χ3v) is 8.74. The molecule has 3 rings (SSSR count). The number of nitrogens with zero attached hydrogens (tertiary/aromatic N) is 2. The van der Waals surface area contributed by atoms with Gasteiger partial charge >= 0.3 is 0 Å². The Morgan fingerprint density at radius 1 is 1.27 bits per heavy atom. The first-order chi connectivity index (χ1) is 11.7. The number of thiophene rings is 1. The Balaban J connectivity index is 0.00000243. The topological polar surface area (TPSA) is 83.7 Å². The standard InChI is InChI=1S/C17H27N3O3S2.ClH/c1-17(2)12-19(10-7-14(17)18)15(21)11-13-5-6-16(24-13)25(22,23)20-8-3-4-9-20;/h5-6,14H,3-4,7-12,18H2,1-2H3;1H.